The van der Waals surface area contributed by atoms with Gasteiger partial charge in [-0.1, -0.05) is 0 Å². The molecule has 2 atom stereocenters. The average Bonchev–Trinajstić information content (AvgIpc) is 3.44. The number of hydrogen-bond acceptors (Lipinski definition) is 4. The van der Waals surface area contributed by atoms with E-state index in [1.54, 1.807) is 0 Å². The number of alkyl halides is 3. The molecule has 3 aliphatic heterocycles. The first kappa shape index (κ1) is 21.9. The molecule has 2 aromatic rings. The van der Waals surface area contributed by atoms with Crippen molar-refractivity contribution in [3.8, 4) is 0 Å². The van der Waals surface area contributed by atoms with Crippen molar-refractivity contribution >= 4 is 11.8 Å². The van der Waals surface area contributed by atoms with E-state index < -0.39 is 52.9 Å². The maximum Gasteiger partial charge on any atom is 0.450 e. The lowest BCUT2D eigenvalue weighted by molar-refractivity contribution is -0.153. The van der Waals surface area contributed by atoms with Gasteiger partial charge in [0.2, 0.25) is 5.76 Å². The van der Waals surface area contributed by atoms with Crippen LogP contribution in [0, 0.1) is 11.6 Å². The van der Waals surface area contributed by atoms with Gasteiger partial charge in [0.15, 0.2) is 5.60 Å². The third-order valence-corrected chi connectivity index (χ3v) is 6.60. The monoisotopic (exact) mass is 470 g/mol. The first-order valence-electron chi connectivity index (χ1n) is 10.5. The van der Waals surface area contributed by atoms with Crippen molar-refractivity contribution in [1.29, 1.82) is 0 Å². The number of ether oxygens (including phenoxy) is 1. The van der Waals surface area contributed by atoms with Gasteiger partial charge in [-0.3, -0.25) is 9.59 Å². The number of carbonyl (C=O) groups excluding carboxylic acids is 2. The highest BCUT2D eigenvalue weighted by Crippen LogP contribution is 2.48. The Morgan fingerprint density at radius 1 is 1.06 bits per heavy atom. The lowest BCUT2D eigenvalue weighted by Gasteiger charge is -2.37. The number of hydrogen-bond donors (Lipinski definition) is 0. The largest absolute Gasteiger partial charge is 0.459 e. The van der Waals surface area contributed by atoms with Crippen molar-refractivity contribution < 1.29 is 40.7 Å². The normalized spacial score (nSPS) is 24.6. The van der Waals surface area contributed by atoms with Gasteiger partial charge < -0.3 is 19.0 Å². The number of nitrogens with zero attached hydrogens (tertiary/aromatic N) is 2. The second kappa shape index (κ2) is 7.54. The first-order chi connectivity index (χ1) is 15.6. The number of amides is 2. The zero-order chi connectivity index (χ0) is 23.5. The Labute approximate surface area is 184 Å². The highest BCUT2D eigenvalue weighted by molar-refractivity contribution is 5.96. The molecule has 0 N–H and O–H groups in total. The summed E-state index contributed by atoms with van der Waals surface area (Å²) in [6, 6.07) is 3.59. The van der Waals surface area contributed by atoms with E-state index in [2.05, 4.69) is 4.42 Å². The molecule has 3 fully saturated rings. The van der Waals surface area contributed by atoms with Crippen molar-refractivity contribution in [2.24, 2.45) is 0 Å². The van der Waals surface area contributed by atoms with Gasteiger partial charge in [-0.15, -0.1) is 0 Å². The van der Waals surface area contributed by atoms with Gasteiger partial charge in [0.1, 0.15) is 17.9 Å². The van der Waals surface area contributed by atoms with Crippen LogP contribution < -0.4 is 0 Å². The van der Waals surface area contributed by atoms with Crippen LogP contribution in [0.4, 0.5) is 22.0 Å². The van der Waals surface area contributed by atoms with Crippen molar-refractivity contribution in [2.75, 3.05) is 13.1 Å². The van der Waals surface area contributed by atoms with Gasteiger partial charge in [0.25, 0.3) is 11.8 Å². The van der Waals surface area contributed by atoms with Crippen molar-refractivity contribution in [3.63, 3.8) is 0 Å². The Hall–Kier alpha value is -2.95. The Bertz CT molecular complexity index is 1090. The van der Waals surface area contributed by atoms with Crippen LogP contribution in [0.25, 0.3) is 0 Å². The van der Waals surface area contributed by atoms with Gasteiger partial charge in [0.05, 0.1) is 17.9 Å². The Balaban J connectivity index is 1.31. The second-order valence-corrected chi connectivity index (χ2v) is 8.53. The number of piperidine rings is 1. The van der Waals surface area contributed by atoms with Gasteiger partial charge in [-0.2, -0.15) is 13.2 Å². The summed E-state index contributed by atoms with van der Waals surface area (Å²) in [5.41, 5.74) is -1.45. The van der Waals surface area contributed by atoms with Crippen LogP contribution in [0.1, 0.15) is 53.4 Å². The fourth-order valence-electron chi connectivity index (χ4n) is 5.08. The van der Waals surface area contributed by atoms with Gasteiger partial charge in [0, 0.05) is 32.0 Å². The SMILES string of the molecule is O=C(c1ccoc1C(F)(F)F)N1CCC2(CC1)OC1CCC(c3cc(F)cc(F)c3)N1C2=O. The van der Waals surface area contributed by atoms with E-state index in [4.69, 9.17) is 4.74 Å². The predicted octanol–water partition coefficient (Wildman–Crippen LogP) is 4.27. The van der Waals surface area contributed by atoms with E-state index >= 15 is 0 Å². The molecule has 11 heteroatoms. The molecule has 33 heavy (non-hydrogen) atoms. The zero-order valence-corrected chi connectivity index (χ0v) is 17.2. The van der Waals surface area contributed by atoms with Crippen LogP contribution >= 0.6 is 0 Å². The number of benzene rings is 1. The summed E-state index contributed by atoms with van der Waals surface area (Å²) in [4.78, 5) is 28.8. The van der Waals surface area contributed by atoms with Crippen molar-refractivity contribution in [1.82, 2.24) is 9.80 Å². The second-order valence-electron chi connectivity index (χ2n) is 8.53. The zero-order valence-electron chi connectivity index (χ0n) is 17.2. The fraction of sp³-hybridized carbons (Fsp3) is 0.455. The van der Waals surface area contributed by atoms with E-state index in [1.807, 2.05) is 0 Å². The highest BCUT2D eigenvalue weighted by atomic mass is 19.4. The molecule has 0 bridgehead atoms. The van der Waals surface area contributed by atoms with Crippen molar-refractivity contribution in [2.45, 2.75) is 49.7 Å². The molecule has 2 amide bonds. The number of rotatable bonds is 2. The molecule has 4 heterocycles. The predicted molar refractivity (Wildman–Crippen MR) is 102 cm³/mol. The minimum Gasteiger partial charge on any atom is -0.459 e. The topological polar surface area (TPSA) is 63.0 Å². The van der Waals surface area contributed by atoms with Crippen LogP contribution in [0.5, 0.6) is 0 Å². The molecule has 3 aliphatic rings. The van der Waals surface area contributed by atoms with Crippen molar-refractivity contribution in [3.05, 3.63) is 59.1 Å². The van der Waals surface area contributed by atoms with E-state index in [0.29, 0.717) is 18.4 Å². The molecule has 176 valence electrons. The summed E-state index contributed by atoms with van der Waals surface area (Å²) >= 11 is 0. The average molecular weight is 470 g/mol. The molecule has 5 rings (SSSR count). The Morgan fingerprint density at radius 2 is 1.73 bits per heavy atom. The molecule has 0 aliphatic carbocycles. The molecule has 1 aromatic carbocycles. The number of likely N-dealkylation sites (tertiary alicyclic amines) is 1. The smallest absolute Gasteiger partial charge is 0.450 e. The number of halogens is 5. The lowest BCUT2D eigenvalue weighted by Crippen LogP contribution is -2.51. The molecule has 0 radical (unpaired) electrons. The molecule has 1 aromatic heterocycles. The van der Waals surface area contributed by atoms with E-state index in [9.17, 15) is 31.5 Å². The van der Waals surface area contributed by atoms with Gasteiger partial charge >= 0.3 is 6.18 Å². The van der Waals surface area contributed by atoms with Crippen LogP contribution in [-0.4, -0.2) is 46.5 Å². The number of fused-ring (bicyclic) bond motifs is 1. The van der Waals surface area contributed by atoms with Crippen LogP contribution in [0.2, 0.25) is 0 Å². The third kappa shape index (κ3) is 3.58. The maximum absolute atomic E-state index is 13.7. The molecule has 3 saturated heterocycles. The summed E-state index contributed by atoms with van der Waals surface area (Å²) in [7, 11) is 0. The quantitative estimate of drug-likeness (QED) is 0.615. The third-order valence-electron chi connectivity index (χ3n) is 6.60. The number of carbonyl (C=O) groups is 2. The molecule has 6 nitrogen and oxygen atoms in total. The summed E-state index contributed by atoms with van der Waals surface area (Å²) in [5.74, 6) is -3.98. The molecule has 0 saturated carbocycles. The van der Waals surface area contributed by atoms with Crippen LogP contribution in [0.15, 0.2) is 34.9 Å². The minimum atomic E-state index is -4.80. The highest BCUT2D eigenvalue weighted by Gasteiger charge is 2.58. The van der Waals surface area contributed by atoms with Crippen LogP contribution in [0.3, 0.4) is 0 Å². The van der Waals surface area contributed by atoms with Gasteiger partial charge in [-0.05, 0) is 36.6 Å². The first-order valence-corrected chi connectivity index (χ1v) is 10.5. The van der Waals surface area contributed by atoms with E-state index in [0.717, 1.165) is 18.4 Å². The van der Waals surface area contributed by atoms with Crippen LogP contribution in [-0.2, 0) is 15.7 Å². The summed E-state index contributed by atoms with van der Waals surface area (Å²) in [6.45, 7) is 0.0414. The standard InChI is InChI=1S/C22H19F5N2O4/c23-13-9-12(10-14(24)11-13)16-1-2-17-29(16)20(31)21(33-17)4-6-28(7-5-21)19(30)15-3-8-32-18(15)22(25,26)27/h3,8-11,16-17H,1-2,4-7H2. The lowest BCUT2D eigenvalue weighted by atomic mass is 9.89. The maximum atomic E-state index is 13.7. The van der Waals surface area contributed by atoms with E-state index in [-0.39, 0.29) is 31.8 Å². The fourth-order valence-corrected chi connectivity index (χ4v) is 5.08. The van der Waals surface area contributed by atoms with Gasteiger partial charge in [-0.25, -0.2) is 8.78 Å². The summed E-state index contributed by atoms with van der Waals surface area (Å²) < 4.78 is 77.2. The molecular formula is C22H19F5N2O4. The Kier molecular flexibility index (Phi) is 5.00. The summed E-state index contributed by atoms with van der Waals surface area (Å²) in [5, 5.41) is 0. The van der Waals surface area contributed by atoms with E-state index in [1.165, 1.54) is 21.9 Å². The Morgan fingerprint density at radius 3 is 2.36 bits per heavy atom. The molecule has 2 unspecified atom stereocenters. The molecule has 1 spiro atoms. The number of furan rings is 1. The molecular weight excluding hydrogens is 451 g/mol. The minimum absolute atomic E-state index is 0.0207. The summed E-state index contributed by atoms with van der Waals surface area (Å²) in [6.07, 6.45) is -3.35.